The summed E-state index contributed by atoms with van der Waals surface area (Å²) in [6.45, 7) is 0.602. The second-order valence-corrected chi connectivity index (χ2v) is 7.23. The highest BCUT2D eigenvalue weighted by molar-refractivity contribution is 8.08. The average Bonchev–Trinajstić information content (AvgIpc) is 2.09. The van der Waals surface area contributed by atoms with Crippen molar-refractivity contribution >= 4 is 41.7 Å². The van der Waals surface area contributed by atoms with Crippen LogP contribution < -0.4 is 9.61 Å². The van der Waals surface area contributed by atoms with E-state index >= 15 is 0 Å². The Bertz CT molecular complexity index is 408. The molecule has 90 valence electrons. The first-order chi connectivity index (χ1) is 7.32. The summed E-state index contributed by atoms with van der Waals surface area (Å²) in [6.07, 6.45) is 0. The number of hydrogen-bond acceptors (Lipinski definition) is 2. The van der Waals surface area contributed by atoms with Gasteiger partial charge in [-0.25, -0.2) is 5.09 Å². The second-order valence-electron chi connectivity index (χ2n) is 3.45. The van der Waals surface area contributed by atoms with Crippen LogP contribution in [0.4, 0.5) is 0 Å². The molecule has 1 aromatic carbocycles. The highest BCUT2D eigenvalue weighted by atomic mass is 35.5. The number of nitrogens with one attached hydrogen (secondary N) is 1. The van der Waals surface area contributed by atoms with Gasteiger partial charge in [0.05, 0.1) is 10.0 Å². The third-order valence-corrected chi connectivity index (χ3v) is 3.96. The SMILES string of the molecule is CC(C)NP(O)(=S)Oc1c(Cl)cccc1Cl. The summed E-state index contributed by atoms with van der Waals surface area (Å²) in [6, 6.07) is 4.94. The van der Waals surface area contributed by atoms with Crippen molar-refractivity contribution in [2.45, 2.75) is 19.9 Å². The van der Waals surface area contributed by atoms with Crippen molar-refractivity contribution in [1.82, 2.24) is 5.09 Å². The Morgan fingerprint density at radius 3 is 2.31 bits per heavy atom. The van der Waals surface area contributed by atoms with E-state index in [1.54, 1.807) is 18.2 Å². The van der Waals surface area contributed by atoms with E-state index in [1.165, 1.54) is 0 Å². The van der Waals surface area contributed by atoms with E-state index in [0.29, 0.717) is 10.0 Å². The Hall–Kier alpha value is 0.170. The maximum Gasteiger partial charge on any atom is 0.310 e. The van der Waals surface area contributed by atoms with Crippen LogP contribution in [0.2, 0.25) is 10.0 Å². The van der Waals surface area contributed by atoms with Gasteiger partial charge < -0.3 is 9.42 Å². The lowest BCUT2D eigenvalue weighted by atomic mass is 10.3. The monoisotopic (exact) mass is 299 g/mol. The summed E-state index contributed by atoms with van der Waals surface area (Å²) in [5.41, 5.74) is 0. The molecule has 0 aliphatic carbocycles. The fourth-order valence-electron chi connectivity index (χ4n) is 1.05. The van der Waals surface area contributed by atoms with Gasteiger partial charge in [-0.3, -0.25) is 0 Å². The quantitative estimate of drug-likeness (QED) is 0.834. The van der Waals surface area contributed by atoms with E-state index in [1.807, 2.05) is 13.8 Å². The molecular formula is C9H12Cl2NO2PS. The van der Waals surface area contributed by atoms with E-state index < -0.39 is 6.64 Å². The largest absolute Gasteiger partial charge is 0.430 e. The first-order valence-corrected chi connectivity index (χ1v) is 7.99. The van der Waals surface area contributed by atoms with Crippen molar-refractivity contribution < 1.29 is 9.42 Å². The molecule has 0 saturated heterocycles. The summed E-state index contributed by atoms with van der Waals surface area (Å²) in [7, 11) is 0. The van der Waals surface area contributed by atoms with Gasteiger partial charge in [0.2, 0.25) is 0 Å². The number of rotatable bonds is 4. The first kappa shape index (κ1) is 14.2. The predicted molar refractivity (Wildman–Crippen MR) is 71.9 cm³/mol. The maximum absolute atomic E-state index is 9.86. The van der Waals surface area contributed by atoms with Gasteiger partial charge in [0.15, 0.2) is 5.75 Å². The summed E-state index contributed by atoms with van der Waals surface area (Å²) in [4.78, 5) is 9.86. The summed E-state index contributed by atoms with van der Waals surface area (Å²) >= 11 is 16.7. The van der Waals surface area contributed by atoms with Gasteiger partial charge in [-0.2, -0.15) is 0 Å². The van der Waals surface area contributed by atoms with Gasteiger partial charge in [-0.1, -0.05) is 29.3 Å². The molecule has 0 aromatic heterocycles. The zero-order chi connectivity index (χ0) is 12.3. The second kappa shape index (κ2) is 5.67. The fourth-order valence-corrected chi connectivity index (χ4v) is 3.63. The molecule has 2 N–H and O–H groups in total. The van der Waals surface area contributed by atoms with Gasteiger partial charge in [0.25, 0.3) is 0 Å². The van der Waals surface area contributed by atoms with Gasteiger partial charge in [0.1, 0.15) is 0 Å². The number of halogens is 2. The summed E-state index contributed by atoms with van der Waals surface area (Å²) < 4.78 is 5.28. The van der Waals surface area contributed by atoms with Crippen LogP contribution in [0.25, 0.3) is 0 Å². The lowest BCUT2D eigenvalue weighted by Crippen LogP contribution is -2.21. The minimum Gasteiger partial charge on any atom is -0.430 e. The standard InChI is InChI=1S/C9H12Cl2NO2PS/c1-6(2)12-15(13,16)14-9-7(10)4-3-5-8(9)11/h3-6H,1-2H3,(H2,12,13,16). The first-order valence-electron chi connectivity index (χ1n) is 4.56. The average molecular weight is 300 g/mol. The highest BCUT2D eigenvalue weighted by Gasteiger charge is 2.19. The number of para-hydroxylation sites is 1. The number of benzene rings is 1. The number of hydrogen-bond donors (Lipinski definition) is 2. The molecule has 1 rings (SSSR count). The van der Waals surface area contributed by atoms with Crippen LogP contribution in [0.3, 0.4) is 0 Å². The molecule has 16 heavy (non-hydrogen) atoms. The Morgan fingerprint density at radius 1 is 1.38 bits per heavy atom. The maximum atomic E-state index is 9.86. The molecule has 3 nitrogen and oxygen atoms in total. The molecule has 0 heterocycles. The van der Waals surface area contributed by atoms with E-state index in [4.69, 9.17) is 39.5 Å². The molecule has 1 atom stereocenters. The van der Waals surface area contributed by atoms with Crippen molar-refractivity contribution in [3.63, 3.8) is 0 Å². The molecule has 0 aliphatic heterocycles. The molecule has 0 saturated carbocycles. The molecule has 0 amide bonds. The minimum atomic E-state index is -3.11. The lowest BCUT2D eigenvalue weighted by Gasteiger charge is -2.21. The van der Waals surface area contributed by atoms with Gasteiger partial charge >= 0.3 is 6.64 Å². The van der Waals surface area contributed by atoms with Crippen LogP contribution in [0.1, 0.15) is 13.8 Å². The van der Waals surface area contributed by atoms with Crippen molar-refractivity contribution in [2.24, 2.45) is 0 Å². The third kappa shape index (κ3) is 4.21. The van der Waals surface area contributed by atoms with E-state index in [9.17, 15) is 4.89 Å². The van der Waals surface area contributed by atoms with Gasteiger partial charge in [-0.05, 0) is 37.8 Å². The van der Waals surface area contributed by atoms with Gasteiger partial charge in [0, 0.05) is 6.04 Å². The third-order valence-electron chi connectivity index (χ3n) is 1.56. The molecule has 7 heteroatoms. The van der Waals surface area contributed by atoms with E-state index in [2.05, 4.69) is 5.09 Å². The Balaban J connectivity index is 2.92. The zero-order valence-corrected chi connectivity index (χ0v) is 12.0. The molecule has 1 aromatic rings. The normalized spacial score (nSPS) is 14.9. The molecule has 0 spiro atoms. The molecule has 1 unspecified atom stereocenters. The predicted octanol–water partition coefficient (Wildman–Crippen LogP) is 3.59. The minimum absolute atomic E-state index is 0.0112. The van der Waals surface area contributed by atoms with Crippen molar-refractivity contribution in [2.75, 3.05) is 0 Å². The molecule has 0 aliphatic rings. The van der Waals surface area contributed by atoms with Crippen molar-refractivity contribution in [3.05, 3.63) is 28.2 Å². The lowest BCUT2D eigenvalue weighted by molar-refractivity contribution is 0.457. The Labute approximate surface area is 110 Å². The molecular weight excluding hydrogens is 288 g/mol. The van der Waals surface area contributed by atoms with Crippen LogP contribution in [0.5, 0.6) is 5.75 Å². The summed E-state index contributed by atoms with van der Waals surface area (Å²) in [5.74, 6) is 0.213. The Kier molecular flexibility index (Phi) is 5.05. The van der Waals surface area contributed by atoms with Crippen LogP contribution in [0, 0.1) is 0 Å². The Morgan fingerprint density at radius 2 is 1.88 bits per heavy atom. The van der Waals surface area contributed by atoms with Crippen LogP contribution >= 0.6 is 29.8 Å². The van der Waals surface area contributed by atoms with Crippen LogP contribution in [-0.4, -0.2) is 10.9 Å². The zero-order valence-electron chi connectivity index (χ0n) is 8.78. The summed E-state index contributed by atoms with van der Waals surface area (Å²) in [5, 5.41) is 3.41. The van der Waals surface area contributed by atoms with Crippen molar-refractivity contribution in [3.8, 4) is 5.75 Å². The van der Waals surface area contributed by atoms with Crippen LogP contribution in [0.15, 0.2) is 18.2 Å². The smallest absolute Gasteiger partial charge is 0.310 e. The van der Waals surface area contributed by atoms with E-state index in [0.717, 1.165) is 0 Å². The van der Waals surface area contributed by atoms with E-state index in [-0.39, 0.29) is 11.8 Å². The van der Waals surface area contributed by atoms with Crippen molar-refractivity contribution in [1.29, 1.82) is 0 Å². The molecule has 0 radical (unpaired) electrons. The van der Waals surface area contributed by atoms with Crippen LogP contribution in [-0.2, 0) is 11.8 Å². The molecule has 0 bridgehead atoms. The topological polar surface area (TPSA) is 41.5 Å². The molecule has 0 fully saturated rings. The van der Waals surface area contributed by atoms with Gasteiger partial charge in [-0.15, -0.1) is 0 Å². The fraction of sp³-hybridized carbons (Fsp3) is 0.333. The highest BCUT2D eigenvalue weighted by Crippen LogP contribution is 2.45.